The monoisotopic (exact) mass is 261 g/mol. The molecule has 0 aliphatic heterocycles. The van der Waals surface area contributed by atoms with Crippen LogP contribution in [-0.4, -0.2) is 18.1 Å². The maximum Gasteiger partial charge on any atom is 0.182 e. The molecule has 0 atom stereocenters. The molecule has 0 spiro atoms. The molecule has 1 heterocycles. The number of nitrogens with one attached hydrogen (secondary N) is 1. The number of thiazole rings is 1. The second-order valence-corrected chi connectivity index (χ2v) is 5.13. The van der Waals surface area contributed by atoms with E-state index < -0.39 is 0 Å². The molecule has 1 aromatic heterocycles. The predicted octanol–water partition coefficient (Wildman–Crippen LogP) is 3.60. The molecule has 0 unspecified atom stereocenters. The lowest BCUT2D eigenvalue weighted by Gasteiger charge is -2.21. The molecule has 0 amide bonds. The van der Waals surface area contributed by atoms with E-state index in [9.17, 15) is 0 Å². The van der Waals surface area contributed by atoms with Crippen LogP contribution in [0.25, 0.3) is 0 Å². The fourth-order valence-electron chi connectivity index (χ4n) is 1.83. The smallest absolute Gasteiger partial charge is 0.182 e. The normalized spacial score (nSPS) is 10.3. The van der Waals surface area contributed by atoms with Gasteiger partial charge in [0.1, 0.15) is 0 Å². The first-order valence-electron chi connectivity index (χ1n) is 6.32. The van der Waals surface area contributed by atoms with Crippen molar-refractivity contribution in [3.05, 3.63) is 41.4 Å². The molecule has 18 heavy (non-hydrogen) atoms. The third kappa shape index (κ3) is 3.23. The Bertz CT molecular complexity index is 467. The third-order valence-electron chi connectivity index (χ3n) is 2.73. The second kappa shape index (κ2) is 6.40. The molecule has 1 N–H and O–H groups in total. The van der Waals surface area contributed by atoms with Crippen LogP contribution >= 0.6 is 11.3 Å². The second-order valence-electron chi connectivity index (χ2n) is 4.01. The molecule has 0 bridgehead atoms. The van der Waals surface area contributed by atoms with Gasteiger partial charge in [0, 0.05) is 29.9 Å². The van der Waals surface area contributed by atoms with Crippen molar-refractivity contribution < 1.29 is 0 Å². The Labute approximate surface area is 112 Å². The van der Waals surface area contributed by atoms with Crippen molar-refractivity contribution in [3.63, 3.8) is 0 Å². The lowest BCUT2D eigenvalue weighted by Crippen LogP contribution is -2.21. The minimum Gasteiger partial charge on any atom is -0.367 e. The Morgan fingerprint density at radius 2 is 2.00 bits per heavy atom. The van der Waals surface area contributed by atoms with Crippen LogP contribution in [0.1, 0.15) is 18.7 Å². The minimum absolute atomic E-state index is 0.920. The number of para-hydroxylation sites is 1. The number of benzene rings is 1. The number of aromatic nitrogens is 1. The van der Waals surface area contributed by atoms with Gasteiger partial charge in [0.2, 0.25) is 0 Å². The van der Waals surface area contributed by atoms with E-state index in [-0.39, 0.29) is 0 Å². The fourth-order valence-corrected chi connectivity index (χ4v) is 2.72. The summed E-state index contributed by atoms with van der Waals surface area (Å²) in [6.45, 7) is 7.10. The minimum atomic E-state index is 0.920. The highest BCUT2D eigenvalue weighted by Gasteiger charge is 2.07. The number of hydrogen-bond acceptors (Lipinski definition) is 4. The van der Waals surface area contributed by atoms with Gasteiger partial charge in [0.15, 0.2) is 5.13 Å². The molecule has 4 heteroatoms. The first-order chi connectivity index (χ1) is 8.83. The van der Waals surface area contributed by atoms with E-state index in [0.29, 0.717) is 0 Å². The van der Waals surface area contributed by atoms with E-state index in [2.05, 4.69) is 53.3 Å². The van der Waals surface area contributed by atoms with Gasteiger partial charge in [-0.05, 0) is 26.0 Å². The zero-order chi connectivity index (χ0) is 12.8. The summed E-state index contributed by atoms with van der Waals surface area (Å²) in [5.41, 5.74) is 1.26. The standard InChI is InChI=1S/C14H19N3S/c1-3-15-14-16-10-13(18-14)11-17(4-2)12-8-6-5-7-9-12/h5-10H,3-4,11H2,1-2H3,(H,15,16). The van der Waals surface area contributed by atoms with Gasteiger partial charge in [-0.2, -0.15) is 0 Å². The van der Waals surface area contributed by atoms with Gasteiger partial charge in [-0.1, -0.05) is 18.2 Å². The Kier molecular flexibility index (Phi) is 4.59. The highest BCUT2D eigenvalue weighted by atomic mass is 32.1. The van der Waals surface area contributed by atoms with Crippen molar-refractivity contribution in [2.24, 2.45) is 0 Å². The first-order valence-corrected chi connectivity index (χ1v) is 7.13. The van der Waals surface area contributed by atoms with E-state index in [4.69, 9.17) is 0 Å². The number of nitrogens with zero attached hydrogens (tertiary/aromatic N) is 2. The molecule has 3 nitrogen and oxygen atoms in total. The van der Waals surface area contributed by atoms with Gasteiger partial charge in [0.25, 0.3) is 0 Å². The molecule has 0 aliphatic carbocycles. The average Bonchev–Trinajstić information content (AvgIpc) is 2.85. The quantitative estimate of drug-likeness (QED) is 0.861. The van der Waals surface area contributed by atoms with Crippen LogP contribution in [0.5, 0.6) is 0 Å². The maximum atomic E-state index is 4.37. The summed E-state index contributed by atoms with van der Waals surface area (Å²) < 4.78 is 0. The summed E-state index contributed by atoms with van der Waals surface area (Å²) in [4.78, 5) is 8.01. The number of hydrogen-bond donors (Lipinski definition) is 1. The summed E-state index contributed by atoms with van der Waals surface area (Å²) in [5.74, 6) is 0. The number of rotatable bonds is 6. The van der Waals surface area contributed by atoms with Crippen LogP contribution in [0.4, 0.5) is 10.8 Å². The van der Waals surface area contributed by atoms with Gasteiger partial charge in [-0.3, -0.25) is 0 Å². The Balaban J connectivity index is 2.06. The fraction of sp³-hybridized carbons (Fsp3) is 0.357. The molecule has 96 valence electrons. The van der Waals surface area contributed by atoms with E-state index in [1.54, 1.807) is 11.3 Å². The molecular weight excluding hydrogens is 242 g/mol. The van der Waals surface area contributed by atoms with Crippen molar-refractivity contribution >= 4 is 22.2 Å². The van der Waals surface area contributed by atoms with E-state index >= 15 is 0 Å². The van der Waals surface area contributed by atoms with Gasteiger partial charge >= 0.3 is 0 Å². The molecule has 0 fully saturated rings. The maximum absolute atomic E-state index is 4.37. The van der Waals surface area contributed by atoms with Crippen molar-refractivity contribution in [2.45, 2.75) is 20.4 Å². The van der Waals surface area contributed by atoms with E-state index in [1.807, 2.05) is 12.3 Å². The van der Waals surface area contributed by atoms with Crippen molar-refractivity contribution in [1.82, 2.24) is 4.98 Å². The molecule has 0 saturated heterocycles. The molecule has 2 aromatic rings. The van der Waals surface area contributed by atoms with Crippen molar-refractivity contribution in [2.75, 3.05) is 23.3 Å². The average molecular weight is 261 g/mol. The predicted molar refractivity (Wildman–Crippen MR) is 79.4 cm³/mol. The third-order valence-corrected chi connectivity index (χ3v) is 3.67. The molecule has 1 aromatic carbocycles. The number of anilines is 2. The lowest BCUT2D eigenvalue weighted by atomic mass is 10.3. The Hall–Kier alpha value is -1.55. The molecule has 2 rings (SSSR count). The molecule has 0 radical (unpaired) electrons. The van der Waals surface area contributed by atoms with Crippen molar-refractivity contribution in [3.8, 4) is 0 Å². The first kappa shape index (κ1) is 12.9. The van der Waals surface area contributed by atoms with Gasteiger partial charge in [-0.15, -0.1) is 11.3 Å². The summed E-state index contributed by atoms with van der Waals surface area (Å²) in [5, 5.41) is 4.26. The lowest BCUT2D eigenvalue weighted by molar-refractivity contribution is 0.841. The van der Waals surface area contributed by atoms with Crippen LogP contribution in [-0.2, 0) is 6.54 Å². The Morgan fingerprint density at radius 3 is 2.67 bits per heavy atom. The van der Waals surface area contributed by atoms with Crippen LogP contribution in [0.2, 0.25) is 0 Å². The summed E-state index contributed by atoms with van der Waals surface area (Å²) in [6, 6.07) is 10.5. The van der Waals surface area contributed by atoms with Crippen LogP contribution in [0, 0.1) is 0 Å². The SMILES string of the molecule is CCNc1ncc(CN(CC)c2ccccc2)s1. The highest BCUT2D eigenvalue weighted by Crippen LogP contribution is 2.22. The van der Waals surface area contributed by atoms with Gasteiger partial charge < -0.3 is 10.2 Å². The largest absolute Gasteiger partial charge is 0.367 e. The van der Waals surface area contributed by atoms with Gasteiger partial charge in [0.05, 0.1) is 6.54 Å². The summed E-state index contributed by atoms with van der Waals surface area (Å²) >= 11 is 1.73. The van der Waals surface area contributed by atoms with Crippen molar-refractivity contribution in [1.29, 1.82) is 0 Å². The zero-order valence-corrected chi connectivity index (χ0v) is 11.7. The highest BCUT2D eigenvalue weighted by molar-refractivity contribution is 7.15. The zero-order valence-electron chi connectivity index (χ0n) is 10.9. The molecule has 0 saturated carbocycles. The molecule has 0 aliphatic rings. The van der Waals surface area contributed by atoms with E-state index in [1.165, 1.54) is 10.6 Å². The van der Waals surface area contributed by atoms with Crippen LogP contribution in [0.3, 0.4) is 0 Å². The summed E-state index contributed by atoms with van der Waals surface area (Å²) in [7, 11) is 0. The van der Waals surface area contributed by atoms with E-state index in [0.717, 1.165) is 24.8 Å². The molecular formula is C14H19N3S. The topological polar surface area (TPSA) is 28.2 Å². The summed E-state index contributed by atoms with van der Waals surface area (Å²) in [6.07, 6.45) is 1.97. The van der Waals surface area contributed by atoms with Crippen LogP contribution < -0.4 is 10.2 Å². The Morgan fingerprint density at radius 1 is 1.22 bits per heavy atom. The van der Waals surface area contributed by atoms with Gasteiger partial charge in [-0.25, -0.2) is 4.98 Å². The van der Waals surface area contributed by atoms with Crippen LogP contribution in [0.15, 0.2) is 36.5 Å².